The maximum atomic E-state index is 10.8. The molecular weight excluding hydrogens is 134 g/mol. The molecule has 0 aliphatic rings. The van der Waals surface area contributed by atoms with Crippen molar-refractivity contribution >= 4 is 12.6 Å². The van der Waals surface area contributed by atoms with Gasteiger partial charge in [0.05, 0.1) is 0 Å². The summed E-state index contributed by atoms with van der Waals surface area (Å²) in [6, 6.07) is 0. The minimum Gasteiger partial charge on any atom is -0.346 e. The molecule has 0 unspecified atom stereocenters. The molecule has 0 atom stereocenters. The summed E-state index contributed by atoms with van der Waals surface area (Å²) in [7, 11) is 2.74. The fraction of sp³-hybridized carbons (Fsp3) is 0.667. The van der Waals surface area contributed by atoms with Crippen LogP contribution in [0.4, 0.5) is 0 Å². The second kappa shape index (κ2) is 3.43. The highest BCUT2D eigenvalue weighted by atomic mass is 16.7. The van der Waals surface area contributed by atoms with Gasteiger partial charge in [-0.3, -0.25) is 4.79 Å². The largest absolute Gasteiger partial charge is 0.346 e. The zero-order chi connectivity index (χ0) is 8.20. The van der Waals surface area contributed by atoms with Crippen LogP contribution in [0.3, 0.4) is 0 Å². The van der Waals surface area contributed by atoms with Crippen molar-refractivity contribution in [1.82, 2.24) is 0 Å². The summed E-state index contributed by atoms with van der Waals surface area (Å²) in [5, 5.41) is 0. The molecule has 0 aliphatic heterocycles. The first-order valence-corrected chi connectivity index (χ1v) is 2.72. The number of hydrogen-bond acceptors (Lipinski definition) is 3. The summed E-state index contributed by atoms with van der Waals surface area (Å²) < 4.78 is 9.47. The van der Waals surface area contributed by atoms with Crippen molar-refractivity contribution in [1.29, 1.82) is 0 Å². The zero-order valence-corrected chi connectivity index (χ0v) is 6.38. The fourth-order valence-corrected chi connectivity index (χ4v) is 0.402. The average Bonchev–Trinajstić information content (AvgIpc) is 2.01. The van der Waals surface area contributed by atoms with Crippen LogP contribution in [0.25, 0.3) is 0 Å². The van der Waals surface area contributed by atoms with Gasteiger partial charge in [-0.15, -0.1) is 0 Å². The van der Waals surface area contributed by atoms with Crippen molar-refractivity contribution in [2.45, 2.75) is 12.7 Å². The molecule has 0 aliphatic carbocycles. The van der Waals surface area contributed by atoms with Crippen LogP contribution < -0.4 is 0 Å². The molecule has 58 valence electrons. The van der Waals surface area contributed by atoms with Gasteiger partial charge >= 0.3 is 5.91 Å². The first kappa shape index (κ1) is 9.26. The lowest BCUT2D eigenvalue weighted by atomic mass is 10.3. The molecule has 4 heteroatoms. The lowest BCUT2D eigenvalue weighted by molar-refractivity contribution is -0.197. The Bertz CT molecular complexity index is 140. The second-order valence-corrected chi connectivity index (χ2v) is 1.82. The van der Waals surface area contributed by atoms with E-state index < -0.39 is 11.7 Å². The van der Waals surface area contributed by atoms with Gasteiger partial charge in [0.25, 0.3) is 0 Å². The Hall–Kier alpha value is -0.740. The number of aliphatic imine (C=N–C) groups is 1. The van der Waals surface area contributed by atoms with Crippen molar-refractivity contribution in [3.05, 3.63) is 0 Å². The molecule has 0 saturated heterocycles. The van der Waals surface area contributed by atoms with E-state index in [9.17, 15) is 4.79 Å². The number of nitrogens with zero attached hydrogens (tertiary/aromatic N) is 1. The molecule has 0 N–H and O–H groups in total. The van der Waals surface area contributed by atoms with Crippen LogP contribution in [0.15, 0.2) is 4.99 Å². The maximum absolute atomic E-state index is 10.8. The lowest BCUT2D eigenvalue weighted by Crippen LogP contribution is -2.38. The molecule has 10 heavy (non-hydrogen) atoms. The summed E-state index contributed by atoms with van der Waals surface area (Å²) in [5.41, 5.74) is 0. The Morgan fingerprint density at radius 3 is 2.00 bits per heavy atom. The van der Waals surface area contributed by atoms with E-state index in [0.717, 1.165) is 0 Å². The Labute approximate surface area is 59.8 Å². The van der Waals surface area contributed by atoms with Crippen LogP contribution in [0, 0.1) is 0 Å². The highest BCUT2D eigenvalue weighted by Gasteiger charge is 2.31. The van der Waals surface area contributed by atoms with Crippen molar-refractivity contribution < 1.29 is 14.3 Å². The van der Waals surface area contributed by atoms with E-state index in [1.165, 1.54) is 21.1 Å². The number of hydrogen-bond donors (Lipinski definition) is 0. The summed E-state index contributed by atoms with van der Waals surface area (Å²) in [6.45, 7) is 4.54. The predicted octanol–water partition coefficient (Wildman–Crippen LogP) is 0.223. The topological polar surface area (TPSA) is 47.9 Å². The van der Waals surface area contributed by atoms with E-state index in [1.807, 2.05) is 0 Å². The number of rotatable bonds is 3. The molecule has 0 radical (unpaired) electrons. The Morgan fingerprint density at radius 2 is 1.90 bits per heavy atom. The number of carbonyl (C=O) groups is 1. The van der Waals surface area contributed by atoms with Crippen molar-refractivity contribution in [3.8, 4) is 0 Å². The molecule has 1 amide bonds. The molecule has 0 aromatic rings. The monoisotopic (exact) mass is 145 g/mol. The highest BCUT2D eigenvalue weighted by Crippen LogP contribution is 2.10. The van der Waals surface area contributed by atoms with Crippen LogP contribution in [0.5, 0.6) is 0 Å². The molecule has 0 spiro atoms. The molecule has 4 nitrogen and oxygen atoms in total. The maximum Gasteiger partial charge on any atom is 0.304 e. The van der Waals surface area contributed by atoms with Crippen LogP contribution >= 0.6 is 0 Å². The van der Waals surface area contributed by atoms with Crippen molar-refractivity contribution in [3.63, 3.8) is 0 Å². The van der Waals surface area contributed by atoms with E-state index >= 15 is 0 Å². The first-order valence-electron chi connectivity index (χ1n) is 2.72. The van der Waals surface area contributed by atoms with Gasteiger partial charge in [-0.2, -0.15) is 0 Å². The van der Waals surface area contributed by atoms with E-state index in [0.29, 0.717) is 0 Å². The molecule has 0 fully saturated rings. The molecule has 0 bridgehead atoms. The minimum atomic E-state index is -1.28. The third kappa shape index (κ3) is 1.62. The lowest BCUT2D eigenvalue weighted by Gasteiger charge is -2.21. The molecule has 0 saturated carbocycles. The minimum absolute atomic E-state index is 0.530. The van der Waals surface area contributed by atoms with Crippen LogP contribution in [-0.4, -0.2) is 32.6 Å². The smallest absolute Gasteiger partial charge is 0.304 e. The van der Waals surface area contributed by atoms with Gasteiger partial charge in [0.15, 0.2) is 0 Å². The molecule has 0 rings (SSSR count). The molecule has 0 aromatic heterocycles. The number of methoxy groups -OCH3 is 2. The van der Waals surface area contributed by atoms with Gasteiger partial charge in [-0.05, 0) is 13.6 Å². The Morgan fingerprint density at radius 1 is 1.50 bits per heavy atom. The Kier molecular flexibility index (Phi) is 3.18. The molecule has 0 aromatic carbocycles. The molecular formula is C6H11NO3. The van der Waals surface area contributed by atoms with Crippen LogP contribution in [0.1, 0.15) is 6.92 Å². The van der Waals surface area contributed by atoms with E-state index in [4.69, 9.17) is 9.47 Å². The van der Waals surface area contributed by atoms with Crippen molar-refractivity contribution in [2.75, 3.05) is 14.2 Å². The highest BCUT2D eigenvalue weighted by molar-refractivity contribution is 5.86. The average molecular weight is 145 g/mol. The predicted molar refractivity (Wildman–Crippen MR) is 37.0 cm³/mol. The quantitative estimate of drug-likeness (QED) is 0.421. The second-order valence-electron chi connectivity index (χ2n) is 1.82. The van der Waals surface area contributed by atoms with Crippen LogP contribution in [-0.2, 0) is 14.3 Å². The summed E-state index contributed by atoms with van der Waals surface area (Å²) >= 11 is 0. The van der Waals surface area contributed by atoms with E-state index in [-0.39, 0.29) is 0 Å². The van der Waals surface area contributed by atoms with Gasteiger partial charge < -0.3 is 9.47 Å². The van der Waals surface area contributed by atoms with Gasteiger partial charge in [0, 0.05) is 14.2 Å². The number of carbonyl (C=O) groups excluding carboxylic acids is 1. The first-order chi connectivity index (χ1) is 4.60. The van der Waals surface area contributed by atoms with E-state index in [1.54, 1.807) is 0 Å². The fourth-order valence-electron chi connectivity index (χ4n) is 0.402. The third-order valence-corrected chi connectivity index (χ3v) is 1.31. The summed E-state index contributed by atoms with van der Waals surface area (Å²) in [5.74, 6) is -1.81. The Balaban J connectivity index is 4.31. The zero-order valence-electron chi connectivity index (χ0n) is 6.38. The SMILES string of the molecule is C=NC(=O)C(C)(OC)OC. The van der Waals surface area contributed by atoms with Crippen LogP contribution in [0.2, 0.25) is 0 Å². The van der Waals surface area contributed by atoms with Gasteiger partial charge in [0.1, 0.15) is 0 Å². The van der Waals surface area contributed by atoms with E-state index in [2.05, 4.69) is 11.7 Å². The number of amides is 1. The normalized spacial score (nSPS) is 11.1. The van der Waals surface area contributed by atoms with Gasteiger partial charge in [-0.25, -0.2) is 4.99 Å². The summed E-state index contributed by atoms with van der Waals surface area (Å²) in [6.07, 6.45) is 0. The third-order valence-electron chi connectivity index (χ3n) is 1.31. The molecule has 0 heterocycles. The van der Waals surface area contributed by atoms with Gasteiger partial charge in [0.2, 0.25) is 5.79 Å². The number of ether oxygens (including phenoxy) is 2. The van der Waals surface area contributed by atoms with Gasteiger partial charge in [-0.1, -0.05) is 0 Å². The summed E-state index contributed by atoms with van der Waals surface area (Å²) in [4.78, 5) is 14.0. The van der Waals surface area contributed by atoms with Crippen molar-refractivity contribution in [2.24, 2.45) is 4.99 Å². The standard InChI is InChI=1S/C6H11NO3/c1-6(9-3,10-4)5(8)7-2/h2H2,1,3-4H3.